The Morgan fingerprint density at radius 3 is 2.62 bits per heavy atom. The largest absolute Gasteiger partial charge is 0.493 e. The molecule has 0 aliphatic carbocycles. The van der Waals surface area contributed by atoms with Gasteiger partial charge in [0.25, 0.3) is 0 Å². The van der Waals surface area contributed by atoms with E-state index in [1.54, 1.807) is 38.5 Å². The molecule has 0 aliphatic rings. The normalized spacial score (nSPS) is 10.7. The van der Waals surface area contributed by atoms with Gasteiger partial charge in [-0.25, -0.2) is 9.78 Å². The third-order valence-corrected chi connectivity index (χ3v) is 4.39. The first-order valence-electron chi connectivity index (χ1n) is 8.89. The van der Waals surface area contributed by atoms with Crippen molar-refractivity contribution in [3.8, 4) is 22.8 Å². The van der Waals surface area contributed by atoms with Crippen molar-refractivity contribution in [3.63, 3.8) is 0 Å². The molecule has 4 rings (SSSR count). The molecule has 0 N–H and O–H groups in total. The predicted octanol–water partition coefficient (Wildman–Crippen LogP) is 4.26. The summed E-state index contributed by atoms with van der Waals surface area (Å²) in [5.41, 5.74) is 2.24. The van der Waals surface area contributed by atoms with Gasteiger partial charge in [0, 0.05) is 17.0 Å². The molecule has 0 saturated heterocycles. The van der Waals surface area contributed by atoms with Crippen LogP contribution in [0.2, 0.25) is 0 Å². The van der Waals surface area contributed by atoms with Crippen molar-refractivity contribution in [1.29, 1.82) is 0 Å². The molecule has 0 radical (unpaired) electrons. The topological polar surface area (TPSA) is 83.7 Å². The summed E-state index contributed by atoms with van der Waals surface area (Å²) in [6.07, 6.45) is 0. The lowest BCUT2D eigenvalue weighted by atomic mass is 10.1. The standard InChI is InChI=1S/C22H18N2O5/c1-26-19-10-8-15(11-21(19)27-2)20-12-16(24-29-20)13-28-22(25)18-9-7-14-5-3-4-6-17(14)23-18/h3-12H,13H2,1-2H3. The predicted molar refractivity (Wildman–Crippen MR) is 106 cm³/mol. The maximum absolute atomic E-state index is 12.3. The van der Waals surface area contributed by atoms with Crippen molar-refractivity contribution < 1.29 is 23.5 Å². The van der Waals surface area contributed by atoms with Crippen molar-refractivity contribution in [2.24, 2.45) is 0 Å². The zero-order chi connectivity index (χ0) is 20.2. The van der Waals surface area contributed by atoms with Crippen LogP contribution >= 0.6 is 0 Å². The molecule has 0 unspecified atom stereocenters. The van der Waals surface area contributed by atoms with Gasteiger partial charge >= 0.3 is 5.97 Å². The van der Waals surface area contributed by atoms with Crippen LogP contribution in [0, 0.1) is 0 Å². The molecule has 2 aromatic heterocycles. The molecular formula is C22H18N2O5. The highest BCUT2D eigenvalue weighted by Gasteiger charge is 2.14. The second kappa shape index (κ2) is 8.02. The lowest BCUT2D eigenvalue weighted by molar-refractivity contribution is 0.0458. The minimum Gasteiger partial charge on any atom is -0.493 e. The first kappa shape index (κ1) is 18.5. The summed E-state index contributed by atoms with van der Waals surface area (Å²) >= 11 is 0. The number of rotatable bonds is 6. The highest BCUT2D eigenvalue weighted by atomic mass is 16.5. The van der Waals surface area contributed by atoms with E-state index in [9.17, 15) is 4.79 Å². The Labute approximate surface area is 166 Å². The number of esters is 1. The Kier molecular flexibility index (Phi) is 5.11. The first-order valence-corrected chi connectivity index (χ1v) is 8.89. The molecular weight excluding hydrogens is 372 g/mol. The third kappa shape index (κ3) is 3.89. The Hall–Kier alpha value is -3.87. The van der Waals surface area contributed by atoms with Gasteiger partial charge in [-0.1, -0.05) is 29.4 Å². The summed E-state index contributed by atoms with van der Waals surface area (Å²) in [4.78, 5) is 16.7. The van der Waals surface area contributed by atoms with E-state index in [-0.39, 0.29) is 12.3 Å². The lowest BCUT2D eigenvalue weighted by Gasteiger charge is -2.07. The van der Waals surface area contributed by atoms with Gasteiger partial charge in [0.15, 0.2) is 17.3 Å². The van der Waals surface area contributed by atoms with Crippen molar-refractivity contribution in [2.45, 2.75) is 6.61 Å². The average molecular weight is 390 g/mol. The summed E-state index contributed by atoms with van der Waals surface area (Å²) in [7, 11) is 3.14. The van der Waals surface area contributed by atoms with Gasteiger partial charge < -0.3 is 18.7 Å². The lowest BCUT2D eigenvalue weighted by Crippen LogP contribution is -2.07. The minimum atomic E-state index is -0.522. The molecule has 0 saturated carbocycles. The molecule has 7 nitrogen and oxygen atoms in total. The number of hydrogen-bond donors (Lipinski definition) is 0. The van der Waals surface area contributed by atoms with Crippen molar-refractivity contribution in [3.05, 3.63) is 72.1 Å². The van der Waals surface area contributed by atoms with Crippen LogP contribution in [-0.4, -0.2) is 30.3 Å². The summed E-state index contributed by atoms with van der Waals surface area (Å²) in [5.74, 6) is 1.21. The van der Waals surface area contributed by atoms with Gasteiger partial charge in [-0.15, -0.1) is 0 Å². The number of ether oxygens (including phenoxy) is 3. The number of carbonyl (C=O) groups excluding carboxylic acids is 1. The molecule has 0 bridgehead atoms. The van der Waals surface area contributed by atoms with Gasteiger partial charge in [0.1, 0.15) is 18.0 Å². The Morgan fingerprint density at radius 1 is 0.966 bits per heavy atom. The minimum absolute atomic E-state index is 0.0237. The number of fused-ring (bicyclic) bond motifs is 1. The number of benzene rings is 2. The zero-order valence-corrected chi connectivity index (χ0v) is 15.9. The molecule has 146 valence electrons. The number of aromatic nitrogens is 2. The quantitative estimate of drug-likeness (QED) is 0.455. The van der Waals surface area contributed by atoms with Crippen LogP contribution in [0.3, 0.4) is 0 Å². The monoisotopic (exact) mass is 390 g/mol. The fourth-order valence-electron chi connectivity index (χ4n) is 2.90. The summed E-state index contributed by atoms with van der Waals surface area (Å²) in [6.45, 7) is -0.0237. The van der Waals surface area contributed by atoms with Crippen LogP contribution in [0.4, 0.5) is 0 Å². The Balaban J connectivity index is 1.45. The number of nitrogens with zero attached hydrogens (tertiary/aromatic N) is 2. The fraction of sp³-hybridized carbons (Fsp3) is 0.136. The van der Waals surface area contributed by atoms with Crippen LogP contribution in [-0.2, 0) is 11.3 Å². The van der Waals surface area contributed by atoms with Crippen molar-refractivity contribution >= 4 is 16.9 Å². The van der Waals surface area contributed by atoms with Gasteiger partial charge in [0.05, 0.1) is 19.7 Å². The van der Waals surface area contributed by atoms with Gasteiger partial charge in [-0.3, -0.25) is 0 Å². The maximum Gasteiger partial charge on any atom is 0.357 e. The fourth-order valence-corrected chi connectivity index (χ4v) is 2.90. The number of pyridine rings is 1. The van der Waals surface area contributed by atoms with E-state index in [0.717, 1.165) is 16.5 Å². The van der Waals surface area contributed by atoms with Crippen LogP contribution in [0.1, 0.15) is 16.2 Å². The number of carbonyl (C=O) groups is 1. The molecule has 2 heterocycles. The molecule has 0 atom stereocenters. The third-order valence-electron chi connectivity index (χ3n) is 4.39. The summed E-state index contributed by atoms with van der Waals surface area (Å²) in [6, 6.07) is 18.2. The molecule has 2 aromatic carbocycles. The number of hydrogen-bond acceptors (Lipinski definition) is 7. The van der Waals surface area contributed by atoms with Gasteiger partial charge in [0.2, 0.25) is 0 Å². The summed E-state index contributed by atoms with van der Waals surface area (Å²) < 4.78 is 21.2. The second-order valence-corrected chi connectivity index (χ2v) is 6.22. The van der Waals surface area contributed by atoms with Crippen LogP contribution in [0.5, 0.6) is 11.5 Å². The van der Waals surface area contributed by atoms with Crippen LogP contribution < -0.4 is 9.47 Å². The smallest absolute Gasteiger partial charge is 0.357 e. The Morgan fingerprint density at radius 2 is 1.79 bits per heavy atom. The van der Waals surface area contributed by atoms with E-state index in [4.69, 9.17) is 18.7 Å². The first-order chi connectivity index (χ1) is 14.2. The maximum atomic E-state index is 12.3. The van der Waals surface area contributed by atoms with Crippen LogP contribution in [0.25, 0.3) is 22.2 Å². The van der Waals surface area contributed by atoms with E-state index < -0.39 is 5.97 Å². The molecule has 0 amide bonds. The molecule has 0 fully saturated rings. The summed E-state index contributed by atoms with van der Waals surface area (Å²) in [5, 5.41) is 4.92. The highest BCUT2D eigenvalue weighted by molar-refractivity contribution is 5.91. The van der Waals surface area contributed by atoms with Crippen LogP contribution in [0.15, 0.2) is 65.2 Å². The van der Waals surface area contributed by atoms with E-state index in [0.29, 0.717) is 23.0 Å². The average Bonchev–Trinajstić information content (AvgIpc) is 3.25. The van der Waals surface area contributed by atoms with E-state index in [1.807, 2.05) is 36.4 Å². The molecule has 0 spiro atoms. The highest BCUT2D eigenvalue weighted by Crippen LogP contribution is 2.32. The van der Waals surface area contributed by atoms with E-state index >= 15 is 0 Å². The van der Waals surface area contributed by atoms with E-state index in [1.165, 1.54) is 0 Å². The molecule has 4 aromatic rings. The number of para-hydroxylation sites is 1. The second-order valence-electron chi connectivity index (χ2n) is 6.22. The van der Waals surface area contributed by atoms with Crippen molar-refractivity contribution in [2.75, 3.05) is 14.2 Å². The van der Waals surface area contributed by atoms with Gasteiger partial charge in [-0.2, -0.15) is 0 Å². The van der Waals surface area contributed by atoms with Gasteiger partial charge in [-0.05, 0) is 30.3 Å². The van der Waals surface area contributed by atoms with Crippen molar-refractivity contribution in [1.82, 2.24) is 10.1 Å². The molecule has 7 heteroatoms. The molecule has 0 aliphatic heterocycles. The Bertz CT molecular complexity index is 1170. The zero-order valence-electron chi connectivity index (χ0n) is 15.9. The number of methoxy groups -OCH3 is 2. The van der Waals surface area contributed by atoms with E-state index in [2.05, 4.69) is 10.1 Å². The SMILES string of the molecule is COc1ccc(-c2cc(COC(=O)c3ccc4ccccc4n3)no2)cc1OC. The molecule has 29 heavy (non-hydrogen) atoms.